The Morgan fingerprint density at radius 3 is 2.53 bits per heavy atom. The molecule has 0 N–H and O–H groups in total. The lowest BCUT2D eigenvalue weighted by atomic mass is 10.1. The second kappa shape index (κ2) is 4.73. The third-order valence-corrected chi connectivity index (χ3v) is 2.02. The fraction of sp³-hybridized carbons (Fsp3) is 0.333. The standard InChI is InChI=1S/C12H14O3/c1-4-15-12(14)11-6-8(2)5-10(13)7-9(11)3/h5-7H,4H2,1-3H3. The highest BCUT2D eigenvalue weighted by atomic mass is 16.5. The lowest BCUT2D eigenvalue weighted by molar-refractivity contribution is 0.0525. The van der Waals surface area contributed by atoms with Crippen LogP contribution in [0, 0.1) is 13.8 Å². The maximum Gasteiger partial charge on any atom is 0.338 e. The van der Waals surface area contributed by atoms with Crippen LogP contribution in [-0.2, 0) is 4.74 Å². The van der Waals surface area contributed by atoms with Crippen molar-refractivity contribution in [2.45, 2.75) is 20.8 Å². The van der Waals surface area contributed by atoms with Gasteiger partial charge in [-0.25, -0.2) is 4.79 Å². The number of aryl methyl sites for hydroxylation is 2. The summed E-state index contributed by atoms with van der Waals surface area (Å²) in [5.74, 6) is -0.381. The molecule has 3 nitrogen and oxygen atoms in total. The Labute approximate surface area is 88.7 Å². The van der Waals surface area contributed by atoms with Crippen molar-refractivity contribution in [3.05, 3.63) is 45.1 Å². The second-order valence-corrected chi connectivity index (χ2v) is 3.40. The summed E-state index contributed by atoms with van der Waals surface area (Å²) in [7, 11) is 0. The van der Waals surface area contributed by atoms with Gasteiger partial charge in [-0.2, -0.15) is 0 Å². The summed E-state index contributed by atoms with van der Waals surface area (Å²) in [4.78, 5) is 22.8. The van der Waals surface area contributed by atoms with Crippen molar-refractivity contribution >= 4 is 5.97 Å². The summed E-state index contributed by atoms with van der Waals surface area (Å²) < 4.78 is 4.90. The molecule has 0 radical (unpaired) electrons. The molecule has 0 saturated carbocycles. The number of hydrogen-bond acceptors (Lipinski definition) is 3. The number of carbonyl (C=O) groups is 1. The minimum absolute atomic E-state index is 0.0967. The van der Waals surface area contributed by atoms with E-state index in [0.29, 0.717) is 17.7 Å². The Kier molecular flexibility index (Phi) is 3.61. The first-order valence-corrected chi connectivity index (χ1v) is 4.84. The van der Waals surface area contributed by atoms with Crippen LogP contribution in [0.5, 0.6) is 0 Å². The monoisotopic (exact) mass is 206 g/mol. The van der Waals surface area contributed by atoms with Crippen LogP contribution < -0.4 is 5.43 Å². The first-order chi connectivity index (χ1) is 7.04. The van der Waals surface area contributed by atoms with E-state index in [1.807, 2.05) is 0 Å². The SMILES string of the molecule is CCOC(=O)c1cc(C)cc(=O)cc1C. The van der Waals surface area contributed by atoms with Gasteiger partial charge < -0.3 is 4.74 Å². The zero-order valence-corrected chi connectivity index (χ0v) is 9.16. The molecule has 0 fully saturated rings. The Hall–Kier alpha value is -1.64. The van der Waals surface area contributed by atoms with Gasteiger partial charge in [-0.05, 0) is 50.1 Å². The molecule has 0 unspecified atom stereocenters. The van der Waals surface area contributed by atoms with Crippen molar-refractivity contribution in [3.8, 4) is 0 Å². The van der Waals surface area contributed by atoms with Gasteiger partial charge in [0.2, 0.25) is 0 Å². The molecule has 0 amide bonds. The largest absolute Gasteiger partial charge is 0.462 e. The molecule has 15 heavy (non-hydrogen) atoms. The van der Waals surface area contributed by atoms with E-state index >= 15 is 0 Å². The van der Waals surface area contributed by atoms with Crippen molar-refractivity contribution < 1.29 is 9.53 Å². The van der Waals surface area contributed by atoms with Gasteiger partial charge in [0.05, 0.1) is 12.2 Å². The number of hydrogen-bond donors (Lipinski definition) is 0. The summed E-state index contributed by atoms with van der Waals surface area (Å²) in [5, 5.41) is 0. The minimum Gasteiger partial charge on any atom is -0.462 e. The van der Waals surface area contributed by atoms with E-state index in [0.717, 1.165) is 5.56 Å². The maximum absolute atomic E-state index is 11.5. The number of rotatable bonds is 2. The molecule has 0 spiro atoms. The molecule has 80 valence electrons. The van der Waals surface area contributed by atoms with Crippen molar-refractivity contribution in [1.82, 2.24) is 0 Å². The van der Waals surface area contributed by atoms with E-state index in [1.54, 1.807) is 26.8 Å². The normalized spacial score (nSPS) is 9.80. The summed E-state index contributed by atoms with van der Waals surface area (Å²) in [6.07, 6.45) is 0. The molecule has 0 aliphatic carbocycles. The van der Waals surface area contributed by atoms with E-state index in [9.17, 15) is 9.59 Å². The first kappa shape index (κ1) is 11.4. The lowest BCUT2D eigenvalue weighted by Gasteiger charge is -2.01. The van der Waals surface area contributed by atoms with Crippen LogP contribution in [0.15, 0.2) is 23.0 Å². The van der Waals surface area contributed by atoms with Crippen molar-refractivity contribution in [2.75, 3.05) is 6.61 Å². The van der Waals surface area contributed by atoms with Gasteiger partial charge in [0.25, 0.3) is 0 Å². The van der Waals surface area contributed by atoms with Crippen LogP contribution in [0.4, 0.5) is 0 Å². The molecule has 1 rings (SSSR count). The second-order valence-electron chi connectivity index (χ2n) is 3.40. The van der Waals surface area contributed by atoms with Crippen LogP contribution in [0.1, 0.15) is 28.4 Å². The Morgan fingerprint density at radius 2 is 1.93 bits per heavy atom. The van der Waals surface area contributed by atoms with E-state index in [4.69, 9.17) is 4.74 Å². The quantitative estimate of drug-likeness (QED) is 0.693. The molecule has 0 bridgehead atoms. The van der Waals surface area contributed by atoms with E-state index < -0.39 is 0 Å². The molecule has 0 aromatic heterocycles. The lowest BCUT2D eigenvalue weighted by Crippen LogP contribution is -2.06. The highest BCUT2D eigenvalue weighted by Gasteiger charge is 2.09. The Balaban J connectivity index is 3.31. The van der Waals surface area contributed by atoms with Gasteiger partial charge >= 0.3 is 5.97 Å². The smallest absolute Gasteiger partial charge is 0.338 e. The summed E-state index contributed by atoms with van der Waals surface area (Å²) in [5.41, 5.74) is 1.76. The van der Waals surface area contributed by atoms with Crippen LogP contribution in [0.2, 0.25) is 0 Å². The van der Waals surface area contributed by atoms with Crippen molar-refractivity contribution in [1.29, 1.82) is 0 Å². The average molecular weight is 206 g/mol. The zero-order valence-electron chi connectivity index (χ0n) is 9.16. The van der Waals surface area contributed by atoms with Crippen LogP contribution >= 0.6 is 0 Å². The summed E-state index contributed by atoms with van der Waals surface area (Å²) >= 11 is 0. The predicted molar refractivity (Wildman–Crippen MR) is 58.1 cm³/mol. The summed E-state index contributed by atoms with van der Waals surface area (Å²) in [6.45, 7) is 5.60. The van der Waals surface area contributed by atoms with Gasteiger partial charge in [-0.15, -0.1) is 0 Å². The fourth-order valence-electron chi connectivity index (χ4n) is 1.37. The summed E-state index contributed by atoms with van der Waals surface area (Å²) in [6, 6.07) is 4.61. The molecular weight excluding hydrogens is 192 g/mol. The highest BCUT2D eigenvalue weighted by molar-refractivity contribution is 5.91. The molecule has 0 saturated heterocycles. The fourth-order valence-corrected chi connectivity index (χ4v) is 1.37. The maximum atomic E-state index is 11.5. The van der Waals surface area contributed by atoms with Gasteiger partial charge in [0.15, 0.2) is 5.43 Å². The first-order valence-electron chi connectivity index (χ1n) is 4.84. The zero-order chi connectivity index (χ0) is 11.4. The molecular formula is C12H14O3. The van der Waals surface area contributed by atoms with Gasteiger partial charge in [-0.3, -0.25) is 4.79 Å². The predicted octanol–water partition coefficient (Wildman–Crippen LogP) is 1.84. The van der Waals surface area contributed by atoms with E-state index in [2.05, 4.69) is 0 Å². The van der Waals surface area contributed by atoms with Crippen LogP contribution in [0.3, 0.4) is 0 Å². The van der Waals surface area contributed by atoms with Gasteiger partial charge in [0, 0.05) is 0 Å². The number of ether oxygens (including phenoxy) is 1. The minimum atomic E-state index is -0.381. The molecule has 1 aromatic carbocycles. The van der Waals surface area contributed by atoms with Gasteiger partial charge in [-0.1, -0.05) is 0 Å². The molecule has 3 heteroatoms. The van der Waals surface area contributed by atoms with Crippen LogP contribution in [0.25, 0.3) is 0 Å². The van der Waals surface area contributed by atoms with Crippen LogP contribution in [-0.4, -0.2) is 12.6 Å². The van der Waals surface area contributed by atoms with Gasteiger partial charge in [0.1, 0.15) is 0 Å². The molecule has 1 aromatic rings. The third-order valence-electron chi connectivity index (χ3n) is 2.02. The number of carbonyl (C=O) groups excluding carboxylic acids is 1. The molecule has 0 heterocycles. The third kappa shape index (κ3) is 2.91. The van der Waals surface area contributed by atoms with E-state index in [-0.39, 0.29) is 11.4 Å². The Bertz CT molecular complexity index is 435. The average Bonchev–Trinajstić information content (AvgIpc) is 2.24. The topological polar surface area (TPSA) is 43.4 Å². The van der Waals surface area contributed by atoms with Crippen molar-refractivity contribution in [2.24, 2.45) is 0 Å². The highest BCUT2D eigenvalue weighted by Crippen LogP contribution is 2.08. The number of esters is 1. The molecule has 0 aliphatic rings. The van der Waals surface area contributed by atoms with E-state index in [1.165, 1.54) is 12.1 Å². The molecule has 0 atom stereocenters. The Morgan fingerprint density at radius 1 is 1.27 bits per heavy atom. The van der Waals surface area contributed by atoms with Crippen molar-refractivity contribution in [3.63, 3.8) is 0 Å². The molecule has 0 aliphatic heterocycles.